The van der Waals surface area contributed by atoms with Crippen molar-refractivity contribution in [2.24, 2.45) is 5.92 Å². The summed E-state index contributed by atoms with van der Waals surface area (Å²) >= 11 is 0. The van der Waals surface area contributed by atoms with Crippen LogP contribution in [-0.2, 0) is 6.54 Å². The zero-order chi connectivity index (χ0) is 11.2. The molecule has 3 heteroatoms. The van der Waals surface area contributed by atoms with Gasteiger partial charge in [-0.2, -0.15) is 0 Å². The molecule has 1 atom stereocenters. The van der Waals surface area contributed by atoms with E-state index in [9.17, 15) is 0 Å². The highest BCUT2D eigenvalue weighted by atomic mass is 14.9. The van der Waals surface area contributed by atoms with Gasteiger partial charge in [-0.3, -0.25) is 0 Å². The molecule has 0 aliphatic heterocycles. The highest BCUT2D eigenvalue weighted by Gasteiger charge is 2.19. The fourth-order valence-corrected chi connectivity index (χ4v) is 2.50. The minimum Gasteiger partial charge on any atom is -0.310 e. The molecule has 2 rings (SSSR count). The quantitative estimate of drug-likeness (QED) is 0.845. The summed E-state index contributed by atoms with van der Waals surface area (Å²) in [5, 5.41) is 3.59. The van der Waals surface area contributed by atoms with Crippen LogP contribution < -0.4 is 5.32 Å². The lowest BCUT2D eigenvalue weighted by Crippen LogP contribution is -2.34. The molecule has 1 saturated carbocycles. The molecule has 0 unspecified atom stereocenters. The van der Waals surface area contributed by atoms with E-state index in [1.54, 1.807) is 6.33 Å². The van der Waals surface area contributed by atoms with Crippen LogP contribution in [0.4, 0.5) is 0 Å². The first-order valence-corrected chi connectivity index (χ1v) is 6.33. The number of hydrogen-bond acceptors (Lipinski definition) is 3. The second kappa shape index (κ2) is 5.94. The van der Waals surface area contributed by atoms with E-state index >= 15 is 0 Å². The molecule has 1 aliphatic rings. The van der Waals surface area contributed by atoms with Crippen LogP contribution in [0, 0.1) is 5.92 Å². The van der Waals surface area contributed by atoms with Gasteiger partial charge in [0.1, 0.15) is 6.33 Å². The van der Waals surface area contributed by atoms with Crippen molar-refractivity contribution in [2.45, 2.75) is 51.6 Å². The van der Waals surface area contributed by atoms with Crippen LogP contribution in [0.1, 0.15) is 44.6 Å². The van der Waals surface area contributed by atoms with E-state index in [1.165, 1.54) is 37.7 Å². The van der Waals surface area contributed by atoms with Crippen LogP contribution in [-0.4, -0.2) is 16.0 Å². The fourth-order valence-electron chi connectivity index (χ4n) is 2.50. The summed E-state index contributed by atoms with van der Waals surface area (Å²) in [7, 11) is 0. The van der Waals surface area contributed by atoms with Crippen molar-refractivity contribution >= 4 is 0 Å². The molecule has 1 aromatic heterocycles. The monoisotopic (exact) mass is 219 g/mol. The number of nitrogens with zero attached hydrogens (tertiary/aromatic N) is 2. The number of aromatic nitrogens is 2. The molecule has 1 aromatic rings. The van der Waals surface area contributed by atoms with Crippen LogP contribution in [0.2, 0.25) is 0 Å². The van der Waals surface area contributed by atoms with E-state index in [4.69, 9.17) is 0 Å². The highest BCUT2D eigenvalue weighted by Crippen LogP contribution is 2.26. The second-order valence-electron chi connectivity index (χ2n) is 4.81. The van der Waals surface area contributed by atoms with Crippen molar-refractivity contribution in [3.8, 4) is 0 Å². The number of rotatable bonds is 4. The Morgan fingerprint density at radius 2 is 1.94 bits per heavy atom. The maximum absolute atomic E-state index is 4.02. The minimum absolute atomic E-state index is 0.612. The predicted octanol–water partition coefficient (Wildman–Crippen LogP) is 2.54. The van der Waals surface area contributed by atoms with Crippen molar-refractivity contribution in [2.75, 3.05) is 0 Å². The lowest BCUT2D eigenvalue weighted by atomic mass is 9.84. The largest absolute Gasteiger partial charge is 0.310 e. The molecular weight excluding hydrogens is 198 g/mol. The van der Waals surface area contributed by atoms with Crippen molar-refractivity contribution in [1.82, 2.24) is 15.3 Å². The summed E-state index contributed by atoms with van der Waals surface area (Å²) in [5.41, 5.74) is 1.17. The normalized spacial score (nSPS) is 19.6. The Hall–Kier alpha value is -0.960. The maximum Gasteiger partial charge on any atom is 0.115 e. The first-order valence-electron chi connectivity index (χ1n) is 6.33. The molecule has 0 saturated heterocycles. The molecule has 16 heavy (non-hydrogen) atoms. The lowest BCUT2D eigenvalue weighted by molar-refractivity contribution is 0.280. The molecule has 1 aliphatic carbocycles. The molecular formula is C13H21N3. The summed E-state index contributed by atoms with van der Waals surface area (Å²) < 4.78 is 0. The average molecular weight is 219 g/mol. The molecule has 0 spiro atoms. The summed E-state index contributed by atoms with van der Waals surface area (Å²) in [5.74, 6) is 0.860. The van der Waals surface area contributed by atoms with E-state index in [0.29, 0.717) is 6.04 Å². The van der Waals surface area contributed by atoms with Gasteiger partial charge in [0, 0.05) is 30.5 Å². The highest BCUT2D eigenvalue weighted by molar-refractivity contribution is 5.01. The van der Waals surface area contributed by atoms with Crippen molar-refractivity contribution in [1.29, 1.82) is 0 Å². The average Bonchev–Trinajstić information content (AvgIpc) is 2.38. The summed E-state index contributed by atoms with van der Waals surface area (Å²) in [6, 6.07) is 0.612. The molecule has 3 nitrogen and oxygen atoms in total. The van der Waals surface area contributed by atoms with Crippen LogP contribution in [0.25, 0.3) is 0 Å². The standard InChI is InChI=1S/C13H21N3/c1-11(13-5-3-2-4-6-13)16-9-12-7-14-10-15-8-12/h7-8,10-11,13,16H,2-6,9H2,1H3/t11-/m1/s1. The van der Waals surface area contributed by atoms with Crippen molar-refractivity contribution < 1.29 is 0 Å². The molecule has 1 heterocycles. The molecule has 0 bridgehead atoms. The van der Waals surface area contributed by atoms with Gasteiger partial charge < -0.3 is 5.32 Å². The van der Waals surface area contributed by atoms with Gasteiger partial charge in [0.2, 0.25) is 0 Å². The number of nitrogens with one attached hydrogen (secondary N) is 1. The Kier molecular flexibility index (Phi) is 4.28. The predicted molar refractivity (Wildman–Crippen MR) is 64.9 cm³/mol. The Labute approximate surface area is 97.7 Å². The molecule has 88 valence electrons. The van der Waals surface area contributed by atoms with Crippen LogP contribution in [0.3, 0.4) is 0 Å². The maximum atomic E-state index is 4.02. The third-order valence-electron chi connectivity index (χ3n) is 3.60. The van der Waals surface area contributed by atoms with Crippen molar-refractivity contribution in [3.63, 3.8) is 0 Å². The molecule has 1 N–H and O–H groups in total. The Morgan fingerprint density at radius 3 is 2.62 bits per heavy atom. The Balaban J connectivity index is 1.76. The topological polar surface area (TPSA) is 37.8 Å². The zero-order valence-corrected chi connectivity index (χ0v) is 10.0. The summed E-state index contributed by atoms with van der Waals surface area (Å²) in [4.78, 5) is 8.05. The molecule has 1 fully saturated rings. The van der Waals surface area contributed by atoms with Gasteiger partial charge >= 0.3 is 0 Å². The van der Waals surface area contributed by atoms with Crippen molar-refractivity contribution in [3.05, 3.63) is 24.3 Å². The van der Waals surface area contributed by atoms with E-state index in [2.05, 4.69) is 22.2 Å². The SMILES string of the molecule is C[C@@H](NCc1cncnc1)C1CCCCC1. The van der Waals surface area contributed by atoms with E-state index < -0.39 is 0 Å². The number of hydrogen-bond donors (Lipinski definition) is 1. The van der Waals surface area contributed by atoms with Gasteiger partial charge in [-0.1, -0.05) is 19.3 Å². The lowest BCUT2D eigenvalue weighted by Gasteiger charge is -2.28. The third-order valence-corrected chi connectivity index (χ3v) is 3.60. The van der Waals surface area contributed by atoms with Gasteiger partial charge in [0.15, 0.2) is 0 Å². The Morgan fingerprint density at radius 1 is 1.25 bits per heavy atom. The summed E-state index contributed by atoms with van der Waals surface area (Å²) in [6.07, 6.45) is 12.4. The zero-order valence-electron chi connectivity index (χ0n) is 10.0. The van der Waals surface area contributed by atoms with Gasteiger partial charge in [0.05, 0.1) is 0 Å². The summed E-state index contributed by atoms with van der Waals surface area (Å²) in [6.45, 7) is 3.19. The molecule has 0 radical (unpaired) electrons. The minimum atomic E-state index is 0.612. The smallest absolute Gasteiger partial charge is 0.115 e. The second-order valence-corrected chi connectivity index (χ2v) is 4.81. The molecule has 0 amide bonds. The van der Waals surface area contributed by atoms with Crippen LogP contribution in [0.5, 0.6) is 0 Å². The van der Waals surface area contributed by atoms with Gasteiger partial charge in [-0.15, -0.1) is 0 Å². The van der Waals surface area contributed by atoms with E-state index in [1.807, 2.05) is 12.4 Å². The van der Waals surface area contributed by atoms with E-state index in [-0.39, 0.29) is 0 Å². The third kappa shape index (κ3) is 3.27. The van der Waals surface area contributed by atoms with Crippen LogP contribution in [0.15, 0.2) is 18.7 Å². The molecule has 0 aromatic carbocycles. The van der Waals surface area contributed by atoms with Gasteiger partial charge in [-0.05, 0) is 25.7 Å². The van der Waals surface area contributed by atoms with E-state index in [0.717, 1.165) is 12.5 Å². The van der Waals surface area contributed by atoms with Gasteiger partial charge in [0.25, 0.3) is 0 Å². The first-order chi connectivity index (χ1) is 7.86. The fraction of sp³-hybridized carbons (Fsp3) is 0.692. The Bertz CT molecular complexity index is 293. The first kappa shape index (κ1) is 11.5. The van der Waals surface area contributed by atoms with Crippen LogP contribution >= 0.6 is 0 Å². The van der Waals surface area contributed by atoms with Gasteiger partial charge in [-0.25, -0.2) is 9.97 Å².